The van der Waals surface area contributed by atoms with Crippen LogP contribution in [0.25, 0.3) is 0 Å². The topological polar surface area (TPSA) is 71.1 Å². The van der Waals surface area contributed by atoms with Gasteiger partial charge in [-0.25, -0.2) is 4.98 Å². The number of carbonyl (C=O) groups excluding carboxylic acids is 1. The lowest BCUT2D eigenvalue weighted by molar-refractivity contribution is -0.135. The van der Waals surface area contributed by atoms with Gasteiger partial charge in [-0.1, -0.05) is 30.3 Å². The third-order valence-corrected chi connectivity index (χ3v) is 5.65. The average Bonchev–Trinajstić information content (AvgIpc) is 3.38. The van der Waals surface area contributed by atoms with Gasteiger partial charge in [-0.2, -0.15) is 5.10 Å². The van der Waals surface area contributed by atoms with Crippen LogP contribution in [-0.2, 0) is 21.4 Å². The number of nitrogens with zero attached hydrogens (tertiary/aromatic N) is 3. The number of ether oxygens (including phenoxy) is 1. The van der Waals surface area contributed by atoms with Crippen LogP contribution in [-0.4, -0.2) is 52.8 Å². The Morgan fingerprint density at radius 3 is 2.88 bits per heavy atom. The van der Waals surface area contributed by atoms with E-state index >= 15 is 0 Å². The zero-order valence-electron chi connectivity index (χ0n) is 15.3. The molecule has 1 amide bonds. The van der Waals surface area contributed by atoms with Crippen LogP contribution in [0.5, 0.6) is 0 Å². The maximum Gasteiger partial charge on any atom is 0.233 e. The van der Waals surface area contributed by atoms with Crippen LogP contribution in [0.15, 0.2) is 30.3 Å². The zero-order valence-corrected chi connectivity index (χ0v) is 15.3. The van der Waals surface area contributed by atoms with Gasteiger partial charge in [-0.3, -0.25) is 9.89 Å². The molecule has 26 heavy (non-hydrogen) atoms. The second kappa shape index (κ2) is 7.19. The molecule has 6 heteroatoms. The van der Waals surface area contributed by atoms with Gasteiger partial charge in [0.25, 0.3) is 0 Å². The van der Waals surface area contributed by atoms with Gasteiger partial charge in [0.1, 0.15) is 5.82 Å². The van der Waals surface area contributed by atoms with Gasteiger partial charge in [-0.15, -0.1) is 0 Å². The molecule has 1 saturated heterocycles. The lowest BCUT2D eigenvalue weighted by atomic mass is 9.91. The number of methoxy groups -OCH3 is 1. The van der Waals surface area contributed by atoms with Crippen LogP contribution in [0, 0.1) is 0 Å². The first kappa shape index (κ1) is 17.2. The summed E-state index contributed by atoms with van der Waals surface area (Å²) in [5, 5.41) is 7.40. The van der Waals surface area contributed by atoms with E-state index in [9.17, 15) is 4.79 Å². The van der Waals surface area contributed by atoms with Crippen molar-refractivity contribution in [3.05, 3.63) is 47.5 Å². The van der Waals surface area contributed by atoms with E-state index in [-0.39, 0.29) is 17.2 Å². The van der Waals surface area contributed by atoms with Crippen LogP contribution < -0.4 is 0 Å². The second-order valence-electron chi connectivity index (χ2n) is 7.42. The lowest BCUT2D eigenvalue weighted by Crippen LogP contribution is -2.44. The first-order valence-corrected chi connectivity index (χ1v) is 9.48. The quantitative estimate of drug-likeness (QED) is 0.865. The summed E-state index contributed by atoms with van der Waals surface area (Å²) < 4.78 is 5.09. The van der Waals surface area contributed by atoms with Crippen molar-refractivity contribution in [3.63, 3.8) is 0 Å². The average molecular weight is 354 g/mol. The van der Waals surface area contributed by atoms with Crippen molar-refractivity contribution >= 4 is 5.91 Å². The number of amides is 1. The minimum atomic E-state index is -0.286. The molecule has 4 rings (SSSR count). The summed E-state index contributed by atoms with van der Waals surface area (Å²) in [6, 6.07) is 10.2. The Hall–Kier alpha value is -2.21. The molecule has 2 aromatic rings. The smallest absolute Gasteiger partial charge is 0.233 e. The van der Waals surface area contributed by atoms with Crippen LogP contribution in [0.4, 0.5) is 0 Å². The number of rotatable bonds is 6. The van der Waals surface area contributed by atoms with E-state index in [4.69, 9.17) is 4.74 Å². The highest BCUT2D eigenvalue weighted by Gasteiger charge is 2.53. The highest BCUT2D eigenvalue weighted by molar-refractivity contribution is 5.91. The molecule has 2 heterocycles. The number of hydrogen-bond acceptors (Lipinski definition) is 4. The number of likely N-dealkylation sites (tertiary alicyclic amines) is 1. The molecule has 6 nitrogen and oxygen atoms in total. The van der Waals surface area contributed by atoms with E-state index in [1.54, 1.807) is 7.11 Å². The number of aromatic nitrogens is 3. The monoisotopic (exact) mass is 354 g/mol. The molecule has 1 aliphatic carbocycles. The highest BCUT2D eigenvalue weighted by atomic mass is 16.5. The minimum Gasteiger partial charge on any atom is -0.384 e. The fraction of sp³-hybridized carbons (Fsp3) is 0.550. The summed E-state index contributed by atoms with van der Waals surface area (Å²) >= 11 is 0. The van der Waals surface area contributed by atoms with E-state index in [1.165, 1.54) is 0 Å². The number of carbonyl (C=O) groups is 1. The molecule has 1 aliphatic heterocycles. The molecule has 1 N–H and O–H groups in total. The lowest BCUT2D eigenvalue weighted by Gasteiger charge is -2.34. The summed E-state index contributed by atoms with van der Waals surface area (Å²) in [5.41, 5.74) is 0.873. The zero-order chi connectivity index (χ0) is 18.0. The number of H-pyrrole nitrogens is 1. The molecular weight excluding hydrogens is 328 g/mol. The third kappa shape index (κ3) is 3.26. The largest absolute Gasteiger partial charge is 0.384 e. The Morgan fingerprint density at radius 1 is 1.35 bits per heavy atom. The molecule has 0 unspecified atom stereocenters. The SMILES string of the molecule is COCCc1nc([C@@H]2CCCN(C(=O)C3(c4ccccc4)CC3)C2)n[nH]1. The molecule has 2 aliphatic rings. The number of hydrogen-bond donors (Lipinski definition) is 1. The maximum atomic E-state index is 13.3. The number of piperidine rings is 1. The fourth-order valence-corrected chi connectivity index (χ4v) is 3.99. The standard InChI is InChI=1S/C20H26N4O2/c1-26-13-9-17-21-18(23-22-17)15-6-5-12-24(14-15)19(25)20(10-11-20)16-7-3-2-4-8-16/h2-4,7-8,15H,5-6,9-14H2,1H3,(H,21,22,23)/t15-/m1/s1. The van der Waals surface area contributed by atoms with Crippen molar-refractivity contribution in [2.24, 2.45) is 0 Å². The highest BCUT2D eigenvalue weighted by Crippen LogP contribution is 2.50. The molecular formula is C20H26N4O2. The molecule has 138 valence electrons. The van der Waals surface area contributed by atoms with Gasteiger partial charge in [0.2, 0.25) is 5.91 Å². The summed E-state index contributed by atoms with van der Waals surface area (Å²) in [6.45, 7) is 2.18. The Morgan fingerprint density at radius 2 is 2.15 bits per heavy atom. The molecule has 2 fully saturated rings. The Bertz CT molecular complexity index is 754. The normalized spacial score (nSPS) is 21.6. The van der Waals surface area contributed by atoms with Crippen molar-refractivity contribution in [2.75, 3.05) is 26.8 Å². The van der Waals surface area contributed by atoms with Crippen molar-refractivity contribution in [2.45, 2.75) is 43.4 Å². The summed E-state index contributed by atoms with van der Waals surface area (Å²) in [7, 11) is 1.68. The van der Waals surface area contributed by atoms with Crippen molar-refractivity contribution in [3.8, 4) is 0 Å². The minimum absolute atomic E-state index is 0.215. The van der Waals surface area contributed by atoms with Gasteiger partial charge in [0.05, 0.1) is 12.0 Å². The second-order valence-corrected chi connectivity index (χ2v) is 7.42. The summed E-state index contributed by atoms with van der Waals surface area (Å²) in [6.07, 6.45) is 4.68. The van der Waals surface area contributed by atoms with E-state index < -0.39 is 0 Å². The van der Waals surface area contributed by atoms with Gasteiger partial charge < -0.3 is 9.64 Å². The Balaban J connectivity index is 1.45. The fourth-order valence-electron chi connectivity index (χ4n) is 3.99. The number of nitrogens with one attached hydrogen (secondary N) is 1. The van der Waals surface area contributed by atoms with E-state index in [2.05, 4.69) is 27.3 Å². The van der Waals surface area contributed by atoms with Gasteiger partial charge in [0, 0.05) is 32.5 Å². The van der Waals surface area contributed by atoms with Crippen LogP contribution >= 0.6 is 0 Å². The van der Waals surface area contributed by atoms with Gasteiger partial charge >= 0.3 is 0 Å². The molecule has 1 aromatic heterocycles. The third-order valence-electron chi connectivity index (χ3n) is 5.65. The molecule has 0 bridgehead atoms. The Labute approximate surface area is 154 Å². The first-order valence-electron chi connectivity index (χ1n) is 9.48. The van der Waals surface area contributed by atoms with Gasteiger partial charge in [0.15, 0.2) is 5.82 Å². The number of aromatic amines is 1. The molecule has 1 aromatic carbocycles. The number of benzene rings is 1. The molecule has 0 spiro atoms. The van der Waals surface area contributed by atoms with Crippen LogP contribution in [0.3, 0.4) is 0 Å². The summed E-state index contributed by atoms with van der Waals surface area (Å²) in [4.78, 5) is 19.9. The van der Waals surface area contributed by atoms with Crippen LogP contribution in [0.1, 0.15) is 48.8 Å². The molecule has 0 radical (unpaired) electrons. The van der Waals surface area contributed by atoms with Gasteiger partial charge in [-0.05, 0) is 31.2 Å². The Kier molecular flexibility index (Phi) is 4.76. The molecule has 1 atom stereocenters. The summed E-state index contributed by atoms with van der Waals surface area (Å²) in [5.74, 6) is 2.18. The maximum absolute atomic E-state index is 13.3. The van der Waals surface area contributed by atoms with Crippen molar-refractivity contribution in [1.29, 1.82) is 0 Å². The van der Waals surface area contributed by atoms with Crippen molar-refractivity contribution < 1.29 is 9.53 Å². The van der Waals surface area contributed by atoms with E-state index in [0.29, 0.717) is 6.61 Å². The predicted octanol–water partition coefficient (Wildman–Crippen LogP) is 2.43. The first-order chi connectivity index (χ1) is 12.7. The van der Waals surface area contributed by atoms with E-state index in [1.807, 2.05) is 23.1 Å². The molecule has 1 saturated carbocycles. The van der Waals surface area contributed by atoms with Crippen LogP contribution in [0.2, 0.25) is 0 Å². The van der Waals surface area contributed by atoms with E-state index in [0.717, 1.165) is 62.4 Å². The predicted molar refractivity (Wildman–Crippen MR) is 97.9 cm³/mol. The van der Waals surface area contributed by atoms with Crippen molar-refractivity contribution in [1.82, 2.24) is 20.1 Å².